The number of amides is 2. The van der Waals surface area contributed by atoms with Crippen LogP contribution in [-0.2, 0) is 14.3 Å². The average Bonchev–Trinajstić information content (AvgIpc) is 3.83. The van der Waals surface area contributed by atoms with E-state index in [4.69, 9.17) is 19.9 Å². The zero-order chi connectivity index (χ0) is 30.8. The minimum atomic E-state index is -1.38. The topological polar surface area (TPSA) is 120 Å². The Labute approximate surface area is 252 Å². The highest BCUT2D eigenvalue weighted by atomic mass is 19.1. The molecule has 6 rings (SSSR count). The van der Waals surface area contributed by atoms with E-state index in [1.807, 2.05) is 0 Å². The molecule has 1 saturated heterocycles. The van der Waals surface area contributed by atoms with Gasteiger partial charge in [0.05, 0.1) is 30.6 Å². The molecule has 2 aromatic heterocycles. The Morgan fingerprint density at radius 1 is 1.07 bits per heavy atom. The number of primary amides is 1. The number of rotatable bonds is 10. The van der Waals surface area contributed by atoms with Crippen LogP contribution in [0, 0.1) is 17.0 Å². The van der Waals surface area contributed by atoms with E-state index in [0.717, 1.165) is 19.2 Å². The predicted molar refractivity (Wildman–Crippen MR) is 158 cm³/mol. The lowest BCUT2D eigenvalue weighted by Gasteiger charge is -2.32. The van der Waals surface area contributed by atoms with E-state index in [1.165, 1.54) is 47.5 Å². The monoisotopic (exact) mass is 603 g/mol. The van der Waals surface area contributed by atoms with E-state index in [-0.39, 0.29) is 35.7 Å². The molecule has 2 N–H and O–H groups in total. The number of morpholine rings is 1. The van der Waals surface area contributed by atoms with E-state index in [9.17, 15) is 14.0 Å². The number of hydrogen-bond acceptors (Lipinski definition) is 8. The zero-order valence-corrected chi connectivity index (χ0v) is 24.0. The minimum Gasteiger partial charge on any atom is -0.491 e. The lowest BCUT2D eigenvalue weighted by Crippen LogP contribution is -2.45. The summed E-state index contributed by atoms with van der Waals surface area (Å²) >= 11 is 0. The van der Waals surface area contributed by atoms with Crippen LogP contribution in [0.4, 0.5) is 20.2 Å². The molecule has 0 bridgehead atoms. The van der Waals surface area contributed by atoms with Crippen molar-refractivity contribution < 1.29 is 32.6 Å². The molecule has 2 fully saturated rings. The van der Waals surface area contributed by atoms with E-state index >= 15 is 4.39 Å². The highest BCUT2D eigenvalue weighted by Gasteiger charge is 2.57. The summed E-state index contributed by atoms with van der Waals surface area (Å²) in [5.74, 6) is -1.94. The molecule has 1 atom stereocenters. The number of nitrogens with two attached hydrogens (primary N) is 1. The first kappa shape index (κ1) is 29.4. The first-order valence-electron chi connectivity index (χ1n) is 14.3. The minimum absolute atomic E-state index is 0.120. The van der Waals surface area contributed by atoms with Crippen molar-refractivity contribution in [2.24, 2.45) is 11.1 Å². The molecule has 12 heteroatoms. The van der Waals surface area contributed by atoms with Crippen LogP contribution in [0.15, 0.2) is 67.0 Å². The summed E-state index contributed by atoms with van der Waals surface area (Å²) < 4.78 is 46.5. The second kappa shape index (κ2) is 12.1. The molecule has 2 aliphatic rings. The highest BCUT2D eigenvalue weighted by molar-refractivity contribution is 6.16. The number of pyridine rings is 2. The van der Waals surface area contributed by atoms with Crippen molar-refractivity contribution in [2.45, 2.75) is 25.8 Å². The van der Waals surface area contributed by atoms with Crippen LogP contribution in [0.1, 0.15) is 19.8 Å². The van der Waals surface area contributed by atoms with Crippen LogP contribution in [0.5, 0.6) is 17.2 Å². The van der Waals surface area contributed by atoms with Crippen LogP contribution >= 0.6 is 0 Å². The van der Waals surface area contributed by atoms with Crippen LogP contribution in [0.25, 0.3) is 11.0 Å². The Morgan fingerprint density at radius 3 is 2.55 bits per heavy atom. The summed E-state index contributed by atoms with van der Waals surface area (Å²) in [7, 11) is 0. The number of ether oxygens (including phenoxy) is 3. The average molecular weight is 604 g/mol. The van der Waals surface area contributed by atoms with Gasteiger partial charge < -0.3 is 19.9 Å². The first-order chi connectivity index (χ1) is 21.2. The van der Waals surface area contributed by atoms with Crippen molar-refractivity contribution in [3.05, 3.63) is 78.6 Å². The highest BCUT2D eigenvalue weighted by Crippen LogP contribution is 2.49. The van der Waals surface area contributed by atoms with Gasteiger partial charge in [-0.05, 0) is 56.2 Å². The van der Waals surface area contributed by atoms with Crippen molar-refractivity contribution in [3.63, 3.8) is 0 Å². The Kier molecular flexibility index (Phi) is 8.11. The molecule has 0 unspecified atom stereocenters. The van der Waals surface area contributed by atoms with Gasteiger partial charge in [-0.3, -0.25) is 24.4 Å². The second-order valence-corrected chi connectivity index (χ2v) is 10.9. The van der Waals surface area contributed by atoms with Gasteiger partial charge in [-0.1, -0.05) is 0 Å². The number of carbonyl (C=O) groups is 2. The summed E-state index contributed by atoms with van der Waals surface area (Å²) in [5, 5.41) is 0. The van der Waals surface area contributed by atoms with Gasteiger partial charge in [-0.25, -0.2) is 13.8 Å². The standard InChI is InChI=1S/C32H31F2N5O5/c1-20-19-42-14-12-38(20)13-15-43-24-17-26-29(37-18-24)28(8-11-36-26)44-27-7-6-23(16-25(27)34)39(22-4-2-21(33)3-5-22)31(41)32(9-10-32)30(35)40/h2-8,11,16-18,20H,9-10,12-15,19H2,1H3,(H2,35,40)/t20-/m1/s1. The fraction of sp³-hybridized carbons (Fsp3) is 0.312. The Morgan fingerprint density at radius 2 is 1.84 bits per heavy atom. The summed E-state index contributed by atoms with van der Waals surface area (Å²) in [6.45, 7) is 5.61. The molecular formula is C32H31F2N5O5. The normalized spacial score (nSPS) is 17.7. The number of anilines is 2. The first-order valence-corrected chi connectivity index (χ1v) is 14.3. The summed E-state index contributed by atoms with van der Waals surface area (Å²) in [5.41, 5.74) is 5.46. The lowest BCUT2D eigenvalue weighted by molar-refractivity contribution is -0.133. The van der Waals surface area contributed by atoms with Crippen LogP contribution < -0.4 is 20.1 Å². The molecule has 0 spiro atoms. The van der Waals surface area contributed by atoms with E-state index in [1.54, 1.807) is 18.3 Å². The molecule has 1 aliphatic heterocycles. The SMILES string of the molecule is C[C@@H]1COCCN1CCOc1cnc2c(Oc3ccc(N(C(=O)C4(C(N)=O)CC4)c4ccc(F)cc4)cc3F)ccnc2c1. The summed E-state index contributed by atoms with van der Waals surface area (Å²) in [6, 6.07) is 12.7. The molecular weight excluding hydrogens is 572 g/mol. The lowest BCUT2D eigenvalue weighted by atomic mass is 10.0. The third kappa shape index (κ3) is 5.90. The van der Waals surface area contributed by atoms with E-state index in [0.29, 0.717) is 42.6 Å². The fourth-order valence-corrected chi connectivity index (χ4v) is 5.23. The van der Waals surface area contributed by atoms with Gasteiger partial charge in [-0.2, -0.15) is 0 Å². The number of carbonyl (C=O) groups excluding carboxylic acids is 2. The number of hydrogen-bond donors (Lipinski definition) is 1. The molecule has 1 saturated carbocycles. The molecule has 10 nitrogen and oxygen atoms in total. The van der Waals surface area contributed by atoms with Crippen LogP contribution in [-0.4, -0.2) is 65.6 Å². The second-order valence-electron chi connectivity index (χ2n) is 10.9. The molecule has 0 radical (unpaired) electrons. The Balaban J connectivity index is 1.21. The van der Waals surface area contributed by atoms with Crippen LogP contribution in [0.3, 0.4) is 0 Å². The van der Waals surface area contributed by atoms with Crippen molar-refractivity contribution >= 4 is 34.2 Å². The van der Waals surface area contributed by atoms with E-state index in [2.05, 4.69) is 21.8 Å². The van der Waals surface area contributed by atoms with E-state index < -0.39 is 28.9 Å². The molecule has 2 aromatic carbocycles. The molecule has 3 heterocycles. The third-order valence-corrected chi connectivity index (χ3v) is 7.98. The number of fused-ring (bicyclic) bond motifs is 1. The molecule has 1 aliphatic carbocycles. The Hall–Kier alpha value is -4.68. The number of benzene rings is 2. The molecule has 4 aromatic rings. The van der Waals surface area contributed by atoms with Crippen molar-refractivity contribution in [1.29, 1.82) is 0 Å². The predicted octanol–water partition coefficient (Wildman–Crippen LogP) is 4.73. The quantitative estimate of drug-likeness (QED) is 0.259. The largest absolute Gasteiger partial charge is 0.491 e. The maximum Gasteiger partial charge on any atom is 0.247 e. The van der Waals surface area contributed by atoms with Gasteiger partial charge in [-0.15, -0.1) is 0 Å². The van der Waals surface area contributed by atoms with Crippen molar-refractivity contribution in [2.75, 3.05) is 37.8 Å². The van der Waals surface area contributed by atoms with Gasteiger partial charge in [0.1, 0.15) is 29.1 Å². The van der Waals surface area contributed by atoms with Crippen LogP contribution in [0.2, 0.25) is 0 Å². The number of halogens is 2. The van der Waals surface area contributed by atoms with Crippen molar-refractivity contribution in [1.82, 2.24) is 14.9 Å². The van der Waals surface area contributed by atoms with Gasteiger partial charge in [0.2, 0.25) is 11.8 Å². The third-order valence-electron chi connectivity index (χ3n) is 7.98. The summed E-state index contributed by atoms with van der Waals surface area (Å²) in [6.07, 6.45) is 3.66. The van der Waals surface area contributed by atoms with Gasteiger partial charge in [0, 0.05) is 49.2 Å². The van der Waals surface area contributed by atoms with Crippen molar-refractivity contribution in [3.8, 4) is 17.2 Å². The molecule has 228 valence electrons. The number of nitrogens with zero attached hydrogens (tertiary/aromatic N) is 4. The number of aromatic nitrogens is 2. The maximum absolute atomic E-state index is 15.5. The molecule has 44 heavy (non-hydrogen) atoms. The molecule has 2 amide bonds. The smallest absolute Gasteiger partial charge is 0.247 e. The van der Waals surface area contributed by atoms with Gasteiger partial charge >= 0.3 is 0 Å². The van der Waals surface area contributed by atoms with Gasteiger partial charge in [0.15, 0.2) is 17.3 Å². The zero-order valence-electron chi connectivity index (χ0n) is 24.0. The summed E-state index contributed by atoms with van der Waals surface area (Å²) in [4.78, 5) is 37.9. The fourth-order valence-electron chi connectivity index (χ4n) is 5.23. The van der Waals surface area contributed by atoms with Gasteiger partial charge in [0.25, 0.3) is 0 Å². The maximum atomic E-state index is 15.5. The Bertz CT molecular complexity index is 1700.